The molecular formula is C20H41N5O2. The number of morpholine rings is 1. The smallest absolute Gasteiger partial charge is 0.191 e. The van der Waals surface area contributed by atoms with Gasteiger partial charge in [-0.3, -0.25) is 9.89 Å². The van der Waals surface area contributed by atoms with E-state index >= 15 is 0 Å². The summed E-state index contributed by atoms with van der Waals surface area (Å²) in [6.07, 6.45) is 6.58. The number of hydrogen-bond acceptors (Lipinski definition) is 5. The zero-order valence-electron chi connectivity index (χ0n) is 17.5. The van der Waals surface area contributed by atoms with Gasteiger partial charge in [-0.1, -0.05) is 12.8 Å². The van der Waals surface area contributed by atoms with Gasteiger partial charge in [-0.15, -0.1) is 0 Å². The van der Waals surface area contributed by atoms with Crippen molar-refractivity contribution in [1.82, 2.24) is 20.4 Å². The Bertz CT molecular complexity index is 417. The summed E-state index contributed by atoms with van der Waals surface area (Å²) in [5.74, 6) is 0.801. The molecule has 0 aromatic carbocycles. The van der Waals surface area contributed by atoms with Crippen molar-refractivity contribution in [3.8, 4) is 0 Å². The molecule has 0 aliphatic carbocycles. The topological polar surface area (TPSA) is 72.4 Å². The first-order valence-electron chi connectivity index (χ1n) is 10.9. The molecule has 2 heterocycles. The van der Waals surface area contributed by atoms with Crippen LogP contribution in [0.2, 0.25) is 0 Å². The molecule has 2 aliphatic heterocycles. The van der Waals surface area contributed by atoms with Crippen molar-refractivity contribution in [2.24, 2.45) is 4.99 Å². The Hall–Kier alpha value is -0.890. The van der Waals surface area contributed by atoms with Gasteiger partial charge in [-0.25, -0.2) is 0 Å². The van der Waals surface area contributed by atoms with Gasteiger partial charge in [0.1, 0.15) is 0 Å². The lowest BCUT2D eigenvalue weighted by molar-refractivity contribution is -0.0179. The van der Waals surface area contributed by atoms with Gasteiger partial charge in [0, 0.05) is 32.7 Å². The molecule has 2 fully saturated rings. The molecule has 2 saturated heterocycles. The molecule has 0 saturated carbocycles. The summed E-state index contributed by atoms with van der Waals surface area (Å²) in [7, 11) is 0. The van der Waals surface area contributed by atoms with Crippen molar-refractivity contribution >= 4 is 5.96 Å². The molecule has 7 nitrogen and oxygen atoms in total. The summed E-state index contributed by atoms with van der Waals surface area (Å²) in [4.78, 5) is 9.46. The average Bonchev–Trinajstić information content (AvgIpc) is 2.92. The van der Waals surface area contributed by atoms with Crippen LogP contribution >= 0.6 is 0 Å². The highest BCUT2D eigenvalue weighted by Crippen LogP contribution is 2.10. The number of guanidine groups is 1. The lowest BCUT2D eigenvalue weighted by atomic mass is 10.1. The van der Waals surface area contributed by atoms with Gasteiger partial charge < -0.3 is 25.4 Å². The van der Waals surface area contributed by atoms with Gasteiger partial charge in [0.2, 0.25) is 0 Å². The second kappa shape index (κ2) is 12.5. The van der Waals surface area contributed by atoms with E-state index in [9.17, 15) is 5.11 Å². The highest BCUT2D eigenvalue weighted by Gasteiger charge is 2.25. The molecule has 1 unspecified atom stereocenters. The van der Waals surface area contributed by atoms with E-state index in [1.54, 1.807) is 0 Å². The molecule has 2 aliphatic rings. The van der Waals surface area contributed by atoms with Gasteiger partial charge in [-0.05, 0) is 52.7 Å². The van der Waals surface area contributed by atoms with Crippen molar-refractivity contribution in [1.29, 1.82) is 0 Å². The molecule has 0 radical (unpaired) electrons. The first-order chi connectivity index (χ1) is 13.1. The Morgan fingerprint density at radius 1 is 1.04 bits per heavy atom. The lowest BCUT2D eigenvalue weighted by Crippen LogP contribution is -2.48. The van der Waals surface area contributed by atoms with Crippen molar-refractivity contribution in [2.45, 2.75) is 51.6 Å². The van der Waals surface area contributed by atoms with Crippen molar-refractivity contribution in [3.05, 3.63) is 0 Å². The normalized spacial score (nSPS) is 22.9. The van der Waals surface area contributed by atoms with Crippen LogP contribution in [0, 0.1) is 0 Å². The summed E-state index contributed by atoms with van der Waals surface area (Å²) in [5.41, 5.74) is -0.828. The van der Waals surface area contributed by atoms with Crippen LogP contribution in [0.4, 0.5) is 0 Å². The molecule has 0 bridgehead atoms. The van der Waals surface area contributed by atoms with Gasteiger partial charge in [0.05, 0.1) is 25.4 Å². The van der Waals surface area contributed by atoms with Gasteiger partial charge in [0.25, 0.3) is 0 Å². The Labute approximate surface area is 165 Å². The molecule has 0 spiro atoms. The first-order valence-corrected chi connectivity index (χ1v) is 10.9. The molecule has 2 rings (SSSR count). The SMILES string of the molecule is CCNC(=NCC(C)(O)CN1CCOCC1)NCCCN1CCCCCC1. The fraction of sp³-hybridized carbons (Fsp3) is 0.950. The van der Waals surface area contributed by atoms with E-state index in [2.05, 4.69) is 32.3 Å². The average molecular weight is 384 g/mol. The van der Waals surface area contributed by atoms with Crippen LogP contribution in [0.3, 0.4) is 0 Å². The number of aliphatic imine (C=N–C) groups is 1. The zero-order valence-corrected chi connectivity index (χ0v) is 17.5. The minimum Gasteiger partial charge on any atom is -0.387 e. The Morgan fingerprint density at radius 2 is 1.74 bits per heavy atom. The van der Waals surface area contributed by atoms with Crippen LogP contribution < -0.4 is 10.6 Å². The second-order valence-corrected chi connectivity index (χ2v) is 8.12. The quantitative estimate of drug-likeness (QED) is 0.312. The van der Waals surface area contributed by atoms with Gasteiger partial charge in [-0.2, -0.15) is 0 Å². The largest absolute Gasteiger partial charge is 0.387 e. The molecule has 1 atom stereocenters. The van der Waals surface area contributed by atoms with Crippen LogP contribution in [-0.2, 0) is 4.74 Å². The number of aliphatic hydroxyl groups is 1. The summed E-state index contributed by atoms with van der Waals surface area (Å²) >= 11 is 0. The highest BCUT2D eigenvalue weighted by molar-refractivity contribution is 5.79. The predicted octanol–water partition coefficient (Wildman–Crippen LogP) is 0.891. The molecule has 3 N–H and O–H groups in total. The summed E-state index contributed by atoms with van der Waals surface area (Å²) < 4.78 is 5.38. The van der Waals surface area contributed by atoms with E-state index in [1.165, 1.54) is 38.8 Å². The van der Waals surface area contributed by atoms with Crippen molar-refractivity contribution in [2.75, 3.05) is 72.1 Å². The van der Waals surface area contributed by atoms with Crippen LogP contribution in [0.5, 0.6) is 0 Å². The maximum atomic E-state index is 10.7. The number of β-amino-alcohol motifs (C(OH)–C–C–N with tert-alkyl or cyclic N) is 1. The van der Waals surface area contributed by atoms with Gasteiger partial charge in [0.15, 0.2) is 5.96 Å². The lowest BCUT2D eigenvalue weighted by Gasteiger charge is -2.33. The number of ether oxygens (including phenoxy) is 1. The molecular weight excluding hydrogens is 342 g/mol. The monoisotopic (exact) mass is 383 g/mol. The molecule has 27 heavy (non-hydrogen) atoms. The Morgan fingerprint density at radius 3 is 2.41 bits per heavy atom. The summed E-state index contributed by atoms with van der Waals surface area (Å²) in [5, 5.41) is 17.4. The van der Waals surface area contributed by atoms with Crippen LogP contribution in [0.15, 0.2) is 4.99 Å². The van der Waals surface area contributed by atoms with Crippen LogP contribution in [-0.4, -0.2) is 98.6 Å². The third-order valence-corrected chi connectivity index (χ3v) is 5.23. The maximum absolute atomic E-state index is 10.7. The molecule has 7 heteroatoms. The number of rotatable bonds is 9. The van der Waals surface area contributed by atoms with Crippen molar-refractivity contribution < 1.29 is 9.84 Å². The highest BCUT2D eigenvalue weighted by atomic mass is 16.5. The molecule has 158 valence electrons. The number of likely N-dealkylation sites (tertiary alicyclic amines) is 1. The van der Waals surface area contributed by atoms with Crippen LogP contribution in [0.25, 0.3) is 0 Å². The fourth-order valence-corrected chi connectivity index (χ4v) is 3.75. The number of nitrogens with zero attached hydrogens (tertiary/aromatic N) is 3. The van der Waals surface area contributed by atoms with Gasteiger partial charge >= 0.3 is 0 Å². The maximum Gasteiger partial charge on any atom is 0.191 e. The third kappa shape index (κ3) is 9.74. The minimum absolute atomic E-state index is 0.395. The Balaban J connectivity index is 1.70. The van der Waals surface area contributed by atoms with E-state index in [-0.39, 0.29) is 0 Å². The standard InChI is InChI=1S/C20H41N5O2/c1-3-21-19(22-9-8-12-24-10-6-4-5-7-11-24)23-17-20(2,26)18-25-13-15-27-16-14-25/h26H,3-18H2,1-2H3,(H2,21,22,23). The van der Waals surface area contributed by atoms with E-state index < -0.39 is 5.60 Å². The van der Waals surface area contributed by atoms with E-state index in [0.717, 1.165) is 58.3 Å². The molecule has 0 aromatic rings. The first kappa shape index (κ1) is 22.4. The van der Waals surface area contributed by atoms with Crippen LogP contribution in [0.1, 0.15) is 46.0 Å². The molecule has 0 amide bonds. The summed E-state index contributed by atoms with van der Waals surface area (Å²) in [6, 6.07) is 0. The third-order valence-electron chi connectivity index (χ3n) is 5.23. The zero-order chi connectivity index (χ0) is 19.4. The second-order valence-electron chi connectivity index (χ2n) is 8.12. The van der Waals surface area contributed by atoms with E-state index in [4.69, 9.17) is 4.74 Å². The van der Waals surface area contributed by atoms with E-state index in [0.29, 0.717) is 13.1 Å². The Kier molecular flexibility index (Phi) is 10.4. The minimum atomic E-state index is -0.828. The summed E-state index contributed by atoms with van der Waals surface area (Å²) in [6.45, 7) is 13.6. The fourth-order valence-electron chi connectivity index (χ4n) is 3.75. The molecule has 0 aromatic heterocycles. The van der Waals surface area contributed by atoms with Crippen molar-refractivity contribution in [3.63, 3.8) is 0 Å². The predicted molar refractivity (Wildman–Crippen MR) is 111 cm³/mol. The van der Waals surface area contributed by atoms with E-state index in [1.807, 2.05) is 6.92 Å². The number of nitrogens with one attached hydrogen (secondary N) is 2. The number of hydrogen-bond donors (Lipinski definition) is 3.